The topological polar surface area (TPSA) is 102 Å². The zero-order chi connectivity index (χ0) is 20.5. The highest BCUT2D eigenvalue weighted by atomic mass is 16.3. The number of anilines is 2. The minimum atomic E-state index is 0.265. The Hall–Kier alpha value is -3.46. The standard InChI is InChI=1S/C21H24N8O/c1-15-5-7-16(8-6-15)14-27-9-3-10-28(12-11-27)20-24-19(22)29-21(25-20)23-18(26-29)17-4-2-13-30-17/h2,4-8,13H,3,9-12,14H2,1H3,(H2,22,23,24,25,26). The zero-order valence-electron chi connectivity index (χ0n) is 16.9. The Bertz CT molecular complexity index is 1140. The molecule has 5 rings (SSSR count). The second kappa shape index (κ2) is 7.75. The maximum atomic E-state index is 6.15. The average Bonchev–Trinajstić information content (AvgIpc) is 3.36. The molecule has 154 valence electrons. The molecular weight excluding hydrogens is 380 g/mol. The van der Waals surface area contributed by atoms with Crippen molar-refractivity contribution in [2.75, 3.05) is 36.8 Å². The summed E-state index contributed by atoms with van der Waals surface area (Å²) in [5.41, 5.74) is 8.78. The molecule has 4 heterocycles. The number of aromatic nitrogens is 5. The van der Waals surface area contributed by atoms with Crippen molar-refractivity contribution in [3.63, 3.8) is 0 Å². The second-order valence-corrected chi connectivity index (χ2v) is 7.61. The molecule has 9 heteroatoms. The van der Waals surface area contributed by atoms with Gasteiger partial charge in [0, 0.05) is 32.7 Å². The van der Waals surface area contributed by atoms with Crippen LogP contribution < -0.4 is 10.6 Å². The Balaban J connectivity index is 1.33. The van der Waals surface area contributed by atoms with E-state index in [1.54, 1.807) is 18.4 Å². The Kier molecular flexibility index (Phi) is 4.80. The fraction of sp³-hybridized carbons (Fsp3) is 0.333. The number of aryl methyl sites for hydroxylation is 1. The van der Waals surface area contributed by atoms with Crippen molar-refractivity contribution in [3.8, 4) is 11.6 Å². The van der Waals surface area contributed by atoms with Gasteiger partial charge in [0.1, 0.15) is 0 Å². The summed E-state index contributed by atoms with van der Waals surface area (Å²) in [5.74, 6) is 2.29. The minimum absolute atomic E-state index is 0.265. The SMILES string of the molecule is Cc1ccc(CN2CCCN(c3nc(N)n4nc(-c5ccco5)nc4n3)CC2)cc1. The summed E-state index contributed by atoms with van der Waals surface area (Å²) >= 11 is 0. The third kappa shape index (κ3) is 3.71. The minimum Gasteiger partial charge on any atom is -0.461 e. The van der Waals surface area contributed by atoms with Gasteiger partial charge in [-0.25, -0.2) is 0 Å². The van der Waals surface area contributed by atoms with Gasteiger partial charge in [0.2, 0.25) is 17.7 Å². The van der Waals surface area contributed by atoms with E-state index in [0.717, 1.165) is 39.1 Å². The second-order valence-electron chi connectivity index (χ2n) is 7.61. The van der Waals surface area contributed by atoms with Crippen LogP contribution in [0.3, 0.4) is 0 Å². The Morgan fingerprint density at radius 3 is 2.67 bits per heavy atom. The summed E-state index contributed by atoms with van der Waals surface area (Å²) in [6.45, 7) is 6.75. The van der Waals surface area contributed by atoms with Gasteiger partial charge in [-0.2, -0.15) is 19.5 Å². The molecule has 30 heavy (non-hydrogen) atoms. The number of rotatable bonds is 4. The van der Waals surface area contributed by atoms with Crippen LogP contribution in [-0.2, 0) is 6.54 Å². The van der Waals surface area contributed by atoms with Crippen molar-refractivity contribution < 1.29 is 4.42 Å². The maximum absolute atomic E-state index is 6.15. The predicted octanol–water partition coefficient (Wildman–Crippen LogP) is 2.38. The third-order valence-electron chi connectivity index (χ3n) is 5.36. The van der Waals surface area contributed by atoms with Crippen LogP contribution in [0, 0.1) is 6.92 Å². The molecule has 1 aromatic carbocycles. The number of benzene rings is 1. The lowest BCUT2D eigenvalue weighted by atomic mass is 10.1. The van der Waals surface area contributed by atoms with Gasteiger partial charge >= 0.3 is 0 Å². The van der Waals surface area contributed by atoms with E-state index in [1.807, 2.05) is 0 Å². The van der Waals surface area contributed by atoms with Crippen LogP contribution in [0.1, 0.15) is 17.5 Å². The average molecular weight is 404 g/mol. The normalized spacial score (nSPS) is 15.6. The van der Waals surface area contributed by atoms with E-state index < -0.39 is 0 Å². The molecule has 0 atom stereocenters. The monoisotopic (exact) mass is 404 g/mol. The molecule has 0 amide bonds. The fourth-order valence-electron chi connectivity index (χ4n) is 3.73. The van der Waals surface area contributed by atoms with E-state index in [1.165, 1.54) is 15.6 Å². The number of nitrogens with two attached hydrogens (primary N) is 1. The molecule has 2 N–H and O–H groups in total. The number of nitrogen functional groups attached to an aromatic ring is 1. The number of hydrogen-bond acceptors (Lipinski definition) is 8. The Morgan fingerprint density at radius 1 is 1.00 bits per heavy atom. The van der Waals surface area contributed by atoms with E-state index >= 15 is 0 Å². The van der Waals surface area contributed by atoms with Crippen molar-refractivity contribution in [1.82, 2.24) is 29.5 Å². The summed E-state index contributed by atoms with van der Waals surface area (Å²) in [6.07, 6.45) is 2.62. The first kappa shape index (κ1) is 18.6. The summed E-state index contributed by atoms with van der Waals surface area (Å²) in [4.78, 5) is 18.2. The molecular formula is C21H24N8O. The molecule has 0 saturated carbocycles. The molecule has 0 spiro atoms. The van der Waals surface area contributed by atoms with Crippen molar-refractivity contribution in [3.05, 3.63) is 53.8 Å². The molecule has 0 aliphatic carbocycles. The van der Waals surface area contributed by atoms with Crippen LogP contribution in [0.15, 0.2) is 47.1 Å². The number of fused-ring (bicyclic) bond motifs is 1. The molecule has 3 aromatic heterocycles. The van der Waals surface area contributed by atoms with Gasteiger partial charge in [0.05, 0.1) is 6.26 Å². The van der Waals surface area contributed by atoms with E-state index in [-0.39, 0.29) is 5.95 Å². The number of hydrogen-bond donors (Lipinski definition) is 1. The van der Waals surface area contributed by atoms with Crippen molar-refractivity contribution in [1.29, 1.82) is 0 Å². The summed E-state index contributed by atoms with van der Waals surface area (Å²) in [5, 5.41) is 4.36. The van der Waals surface area contributed by atoms with Gasteiger partial charge in [-0.05, 0) is 31.0 Å². The molecule has 0 bridgehead atoms. The molecule has 0 radical (unpaired) electrons. The van der Waals surface area contributed by atoms with Crippen LogP contribution >= 0.6 is 0 Å². The van der Waals surface area contributed by atoms with Gasteiger partial charge < -0.3 is 15.1 Å². The largest absolute Gasteiger partial charge is 0.461 e. The van der Waals surface area contributed by atoms with Gasteiger partial charge in [0.15, 0.2) is 5.76 Å². The number of furan rings is 1. The van der Waals surface area contributed by atoms with Gasteiger partial charge in [-0.3, -0.25) is 4.90 Å². The van der Waals surface area contributed by atoms with Crippen molar-refractivity contribution in [2.45, 2.75) is 19.9 Å². The lowest BCUT2D eigenvalue weighted by molar-refractivity contribution is 0.285. The van der Waals surface area contributed by atoms with Crippen LogP contribution in [0.2, 0.25) is 0 Å². The van der Waals surface area contributed by atoms with Crippen LogP contribution in [0.4, 0.5) is 11.9 Å². The highest BCUT2D eigenvalue weighted by Gasteiger charge is 2.20. The fourth-order valence-corrected chi connectivity index (χ4v) is 3.73. The van der Waals surface area contributed by atoms with Crippen molar-refractivity contribution in [2.24, 2.45) is 0 Å². The first-order valence-corrected chi connectivity index (χ1v) is 10.1. The number of nitrogens with zero attached hydrogens (tertiary/aromatic N) is 7. The molecule has 1 aliphatic heterocycles. The van der Waals surface area contributed by atoms with Gasteiger partial charge in [-0.1, -0.05) is 29.8 Å². The lowest BCUT2D eigenvalue weighted by Gasteiger charge is -2.22. The highest BCUT2D eigenvalue weighted by molar-refractivity contribution is 5.53. The lowest BCUT2D eigenvalue weighted by Crippen LogP contribution is -2.32. The van der Waals surface area contributed by atoms with Crippen LogP contribution in [0.5, 0.6) is 0 Å². The molecule has 1 fully saturated rings. The first-order chi connectivity index (χ1) is 14.7. The van der Waals surface area contributed by atoms with E-state index in [0.29, 0.717) is 23.3 Å². The third-order valence-corrected chi connectivity index (χ3v) is 5.36. The molecule has 9 nitrogen and oxygen atoms in total. The molecule has 4 aromatic rings. The molecule has 0 unspecified atom stereocenters. The Morgan fingerprint density at radius 2 is 1.87 bits per heavy atom. The predicted molar refractivity (Wildman–Crippen MR) is 114 cm³/mol. The smallest absolute Gasteiger partial charge is 0.259 e. The molecule has 1 aliphatic rings. The van der Waals surface area contributed by atoms with E-state index in [4.69, 9.17) is 10.2 Å². The van der Waals surface area contributed by atoms with E-state index in [2.05, 4.69) is 61.0 Å². The summed E-state index contributed by atoms with van der Waals surface area (Å²) in [6, 6.07) is 12.3. The summed E-state index contributed by atoms with van der Waals surface area (Å²) < 4.78 is 6.82. The van der Waals surface area contributed by atoms with Gasteiger partial charge in [-0.15, -0.1) is 5.10 Å². The van der Waals surface area contributed by atoms with Gasteiger partial charge in [0.25, 0.3) is 5.78 Å². The van der Waals surface area contributed by atoms with Crippen molar-refractivity contribution >= 4 is 17.7 Å². The van der Waals surface area contributed by atoms with Crippen LogP contribution in [-0.4, -0.2) is 55.6 Å². The summed E-state index contributed by atoms with van der Waals surface area (Å²) in [7, 11) is 0. The quantitative estimate of drug-likeness (QED) is 0.553. The van der Waals surface area contributed by atoms with E-state index in [9.17, 15) is 0 Å². The zero-order valence-corrected chi connectivity index (χ0v) is 16.9. The maximum Gasteiger partial charge on any atom is 0.259 e. The molecule has 1 saturated heterocycles. The Labute approximate surface area is 174 Å². The first-order valence-electron chi connectivity index (χ1n) is 10.1. The highest BCUT2D eigenvalue weighted by Crippen LogP contribution is 2.20. The van der Waals surface area contributed by atoms with Crippen LogP contribution in [0.25, 0.3) is 17.4 Å².